The molecule has 170 valence electrons. The van der Waals surface area contributed by atoms with Crippen molar-refractivity contribution >= 4 is 34.9 Å². The van der Waals surface area contributed by atoms with Crippen molar-refractivity contribution in [2.75, 3.05) is 20.3 Å². The second-order valence-electron chi connectivity index (χ2n) is 7.60. The molecule has 8 heteroatoms. The van der Waals surface area contributed by atoms with Gasteiger partial charge >= 0.3 is 5.97 Å². The molecule has 0 aliphatic heterocycles. The fourth-order valence-electron chi connectivity index (χ4n) is 3.73. The third-order valence-electron chi connectivity index (χ3n) is 5.12. The second kappa shape index (κ2) is 10.9. The summed E-state index contributed by atoms with van der Waals surface area (Å²) in [5, 5.41) is 3.04. The Bertz CT molecular complexity index is 1100. The number of hydrogen-bond acceptors (Lipinski definition) is 7. The molecule has 3 aromatic rings. The first kappa shape index (κ1) is 24.2. The number of esters is 1. The summed E-state index contributed by atoms with van der Waals surface area (Å²) in [7, 11) is 1.66. The molecule has 0 bridgehead atoms. The van der Waals surface area contributed by atoms with Crippen LogP contribution in [-0.4, -0.2) is 41.6 Å². The molecular formula is C24H28N2O4S2. The van der Waals surface area contributed by atoms with E-state index >= 15 is 0 Å². The molecule has 0 spiro atoms. The van der Waals surface area contributed by atoms with Crippen LogP contribution in [0.5, 0.6) is 0 Å². The van der Waals surface area contributed by atoms with Crippen molar-refractivity contribution in [3.05, 3.63) is 68.9 Å². The van der Waals surface area contributed by atoms with E-state index < -0.39 is 5.97 Å². The van der Waals surface area contributed by atoms with E-state index in [1.165, 1.54) is 11.8 Å². The Morgan fingerprint density at radius 3 is 2.62 bits per heavy atom. The van der Waals surface area contributed by atoms with Crippen LogP contribution in [0.25, 0.3) is 0 Å². The SMILES string of the molecule is COCC(C)n1c(C)cc(C(=O)COC(=O)c2ccccc2SCc2csc(C)n2)c1C. The summed E-state index contributed by atoms with van der Waals surface area (Å²) in [6.45, 7) is 8.12. The number of aromatic nitrogens is 2. The molecule has 1 atom stereocenters. The maximum absolute atomic E-state index is 12.8. The third kappa shape index (κ3) is 5.68. The lowest BCUT2D eigenvalue weighted by Gasteiger charge is -2.17. The summed E-state index contributed by atoms with van der Waals surface area (Å²) >= 11 is 3.14. The summed E-state index contributed by atoms with van der Waals surface area (Å²) in [5.74, 6) is -0.0537. The number of carbonyl (C=O) groups excluding carboxylic acids is 2. The first-order valence-corrected chi connectivity index (χ1v) is 12.2. The van der Waals surface area contributed by atoms with Crippen molar-refractivity contribution in [1.29, 1.82) is 0 Å². The summed E-state index contributed by atoms with van der Waals surface area (Å²) < 4.78 is 12.7. The van der Waals surface area contributed by atoms with Crippen LogP contribution < -0.4 is 0 Å². The smallest absolute Gasteiger partial charge is 0.339 e. The van der Waals surface area contributed by atoms with E-state index in [2.05, 4.69) is 9.55 Å². The van der Waals surface area contributed by atoms with E-state index in [1.54, 1.807) is 30.6 Å². The van der Waals surface area contributed by atoms with Crippen molar-refractivity contribution in [2.45, 2.75) is 44.4 Å². The Morgan fingerprint density at radius 2 is 1.94 bits per heavy atom. The minimum atomic E-state index is -0.502. The monoisotopic (exact) mass is 472 g/mol. The molecule has 6 nitrogen and oxygen atoms in total. The Hall–Kier alpha value is -2.42. The van der Waals surface area contributed by atoms with Gasteiger partial charge in [-0.1, -0.05) is 12.1 Å². The van der Waals surface area contributed by atoms with Gasteiger partial charge in [-0.25, -0.2) is 9.78 Å². The van der Waals surface area contributed by atoms with Gasteiger partial charge in [-0.3, -0.25) is 4.79 Å². The molecule has 2 heterocycles. The molecule has 1 unspecified atom stereocenters. The van der Waals surface area contributed by atoms with Gasteiger partial charge in [0.05, 0.1) is 28.9 Å². The highest BCUT2D eigenvalue weighted by atomic mass is 32.2. The highest BCUT2D eigenvalue weighted by molar-refractivity contribution is 7.98. The van der Waals surface area contributed by atoms with Crippen molar-refractivity contribution in [2.24, 2.45) is 0 Å². The number of aryl methyl sites for hydroxylation is 2. The number of methoxy groups -OCH3 is 1. The topological polar surface area (TPSA) is 70.4 Å². The van der Waals surface area contributed by atoms with Crippen molar-refractivity contribution in [1.82, 2.24) is 9.55 Å². The number of hydrogen-bond donors (Lipinski definition) is 0. The number of thiazole rings is 1. The zero-order chi connectivity index (χ0) is 23.3. The Labute approximate surface area is 197 Å². The van der Waals surface area contributed by atoms with Gasteiger partial charge in [0, 0.05) is 40.1 Å². The van der Waals surface area contributed by atoms with Gasteiger partial charge in [0.25, 0.3) is 0 Å². The zero-order valence-corrected chi connectivity index (χ0v) is 20.6. The summed E-state index contributed by atoms with van der Waals surface area (Å²) in [5.41, 5.74) is 3.83. The van der Waals surface area contributed by atoms with Gasteiger partial charge in [-0.05, 0) is 45.9 Å². The number of thioether (sulfide) groups is 1. The fourth-order valence-corrected chi connectivity index (χ4v) is 5.38. The number of Topliss-reactive ketones (excluding diaryl/α,β-unsaturated/α-hetero) is 1. The average molecular weight is 473 g/mol. The minimum Gasteiger partial charge on any atom is -0.454 e. The van der Waals surface area contributed by atoms with Crippen LogP contribution in [0.3, 0.4) is 0 Å². The molecule has 32 heavy (non-hydrogen) atoms. The molecule has 0 amide bonds. The predicted molar refractivity (Wildman–Crippen MR) is 128 cm³/mol. The van der Waals surface area contributed by atoms with Crippen molar-refractivity contribution in [3.63, 3.8) is 0 Å². The molecule has 0 aliphatic rings. The van der Waals surface area contributed by atoms with Crippen LogP contribution in [0.1, 0.15) is 55.8 Å². The Kier molecular flexibility index (Phi) is 8.28. The van der Waals surface area contributed by atoms with Crippen molar-refractivity contribution < 1.29 is 19.1 Å². The van der Waals surface area contributed by atoms with Crippen LogP contribution in [-0.2, 0) is 15.2 Å². The molecule has 2 aromatic heterocycles. The van der Waals surface area contributed by atoms with E-state index in [0.29, 0.717) is 23.5 Å². The standard InChI is InChI=1S/C24H28N2O4S2/c1-15-10-21(17(3)26(15)16(2)11-29-5)22(27)12-30-24(28)20-8-6-7-9-23(20)32-14-19-13-31-18(4)25-19/h6-10,13,16H,11-12,14H2,1-5H3. The van der Waals surface area contributed by atoms with Crippen LogP contribution in [0.15, 0.2) is 40.6 Å². The van der Waals surface area contributed by atoms with Gasteiger partial charge in [0.2, 0.25) is 5.78 Å². The Balaban J connectivity index is 1.66. The minimum absolute atomic E-state index is 0.106. The predicted octanol–water partition coefficient (Wildman–Crippen LogP) is 5.41. The second-order valence-corrected chi connectivity index (χ2v) is 9.68. The Morgan fingerprint density at radius 1 is 1.19 bits per heavy atom. The lowest BCUT2D eigenvalue weighted by atomic mass is 10.1. The third-order valence-corrected chi connectivity index (χ3v) is 7.05. The van der Waals surface area contributed by atoms with Crippen LogP contribution >= 0.6 is 23.1 Å². The van der Waals surface area contributed by atoms with Gasteiger partial charge in [-0.2, -0.15) is 0 Å². The maximum Gasteiger partial charge on any atom is 0.339 e. The number of carbonyl (C=O) groups is 2. The van der Waals surface area contributed by atoms with Crippen LogP contribution in [0, 0.1) is 20.8 Å². The van der Waals surface area contributed by atoms with E-state index in [1.807, 2.05) is 51.3 Å². The quantitative estimate of drug-likeness (QED) is 0.223. The lowest BCUT2D eigenvalue weighted by molar-refractivity contribution is 0.0471. The molecule has 0 aliphatic carbocycles. The summed E-state index contributed by atoms with van der Waals surface area (Å²) in [6.07, 6.45) is 0. The largest absolute Gasteiger partial charge is 0.454 e. The van der Waals surface area contributed by atoms with Gasteiger partial charge in [-0.15, -0.1) is 23.1 Å². The van der Waals surface area contributed by atoms with E-state index in [-0.39, 0.29) is 18.4 Å². The molecule has 3 rings (SSSR count). The molecular weight excluding hydrogens is 444 g/mol. The molecule has 0 saturated carbocycles. The number of ketones is 1. The van der Waals surface area contributed by atoms with Crippen molar-refractivity contribution in [3.8, 4) is 0 Å². The van der Waals surface area contributed by atoms with Crippen LogP contribution in [0.4, 0.5) is 0 Å². The molecule has 0 radical (unpaired) electrons. The lowest BCUT2D eigenvalue weighted by Crippen LogP contribution is -2.17. The van der Waals surface area contributed by atoms with E-state index in [0.717, 1.165) is 27.0 Å². The number of ether oxygens (including phenoxy) is 2. The highest BCUT2D eigenvalue weighted by Gasteiger charge is 2.21. The highest BCUT2D eigenvalue weighted by Crippen LogP contribution is 2.27. The maximum atomic E-state index is 12.8. The summed E-state index contributed by atoms with van der Waals surface area (Å²) in [4.78, 5) is 30.8. The number of nitrogens with zero attached hydrogens (tertiary/aromatic N) is 2. The first-order valence-electron chi connectivity index (χ1n) is 10.3. The number of rotatable bonds is 10. The molecule has 0 saturated heterocycles. The number of benzene rings is 1. The zero-order valence-electron chi connectivity index (χ0n) is 19.0. The average Bonchev–Trinajstić information content (AvgIpc) is 3.32. The van der Waals surface area contributed by atoms with E-state index in [9.17, 15) is 9.59 Å². The van der Waals surface area contributed by atoms with Gasteiger partial charge < -0.3 is 14.0 Å². The van der Waals surface area contributed by atoms with Gasteiger partial charge in [0.15, 0.2) is 6.61 Å². The van der Waals surface area contributed by atoms with Crippen LogP contribution in [0.2, 0.25) is 0 Å². The first-order chi connectivity index (χ1) is 15.3. The van der Waals surface area contributed by atoms with Gasteiger partial charge in [0.1, 0.15) is 0 Å². The fraction of sp³-hybridized carbons (Fsp3) is 0.375. The normalized spacial score (nSPS) is 12.0. The summed E-state index contributed by atoms with van der Waals surface area (Å²) in [6, 6.07) is 9.23. The molecule has 0 fully saturated rings. The molecule has 1 aromatic carbocycles. The van der Waals surface area contributed by atoms with E-state index in [4.69, 9.17) is 9.47 Å². The molecule has 0 N–H and O–H groups in total.